The van der Waals surface area contributed by atoms with Gasteiger partial charge < -0.3 is 25.5 Å². The first-order valence-corrected chi connectivity index (χ1v) is 14.4. The Morgan fingerprint density at radius 2 is 1.53 bits per heavy atom. The van der Waals surface area contributed by atoms with Crippen molar-refractivity contribution in [2.24, 2.45) is 10.9 Å². The summed E-state index contributed by atoms with van der Waals surface area (Å²) in [5, 5.41) is 23.2. The second kappa shape index (κ2) is 12.6. The predicted octanol–water partition coefficient (Wildman–Crippen LogP) is 3.36. The molecule has 1 saturated heterocycles. The van der Waals surface area contributed by atoms with Crippen molar-refractivity contribution in [3.05, 3.63) is 72.8 Å². The van der Waals surface area contributed by atoms with E-state index in [0.29, 0.717) is 39.8 Å². The maximum Gasteiger partial charge on any atom is 0.303 e. The SMILES string of the molecule is C/C=C1/C(=C/c2[nH]c(C=c3[nH]c(=CC4=NC(=O)C(CC)=C4C)c(C)c3CCC(=O)O)c(CCC(=O)O)c2C)NC(=O)[C@@H]1C. The van der Waals surface area contributed by atoms with Gasteiger partial charge in [0, 0.05) is 46.2 Å². The van der Waals surface area contributed by atoms with Crippen LogP contribution in [0, 0.1) is 19.8 Å². The van der Waals surface area contributed by atoms with E-state index in [9.17, 15) is 29.4 Å². The van der Waals surface area contributed by atoms with Crippen molar-refractivity contribution >= 4 is 47.7 Å². The molecule has 226 valence electrons. The molecule has 0 radical (unpaired) electrons. The van der Waals surface area contributed by atoms with Crippen LogP contribution in [0.15, 0.2) is 33.5 Å². The number of carbonyl (C=O) groups is 4. The molecule has 2 aliphatic rings. The number of allylic oxidation sites excluding steroid dienone is 3. The quantitative estimate of drug-likeness (QED) is 0.286. The van der Waals surface area contributed by atoms with E-state index < -0.39 is 11.9 Å². The van der Waals surface area contributed by atoms with Gasteiger partial charge in [-0.25, -0.2) is 4.99 Å². The van der Waals surface area contributed by atoms with Crippen molar-refractivity contribution in [2.45, 2.75) is 73.6 Å². The normalized spacial score (nSPS) is 19.8. The molecule has 43 heavy (non-hydrogen) atoms. The second-order valence-corrected chi connectivity index (χ2v) is 11.0. The Bertz CT molecular complexity index is 1780. The highest BCUT2D eigenvalue weighted by Gasteiger charge is 2.29. The van der Waals surface area contributed by atoms with Crippen molar-refractivity contribution in [3.63, 3.8) is 0 Å². The van der Waals surface area contributed by atoms with E-state index in [1.54, 1.807) is 0 Å². The second-order valence-electron chi connectivity index (χ2n) is 11.0. The molecule has 2 aromatic heterocycles. The van der Waals surface area contributed by atoms with Gasteiger partial charge in [-0.1, -0.05) is 13.0 Å². The Balaban J connectivity index is 1.91. The highest BCUT2D eigenvalue weighted by molar-refractivity contribution is 6.30. The zero-order valence-electron chi connectivity index (χ0n) is 25.4. The fourth-order valence-corrected chi connectivity index (χ4v) is 5.77. The molecule has 1 atom stereocenters. The molecular formula is C33H38N4O6. The van der Waals surface area contributed by atoms with E-state index in [1.165, 1.54) is 0 Å². The number of aliphatic carboxylic acids is 2. The molecule has 2 aliphatic heterocycles. The average molecular weight is 587 g/mol. The lowest BCUT2D eigenvalue weighted by molar-refractivity contribution is -0.138. The summed E-state index contributed by atoms with van der Waals surface area (Å²) in [6, 6.07) is 0. The molecule has 4 rings (SSSR count). The highest BCUT2D eigenvalue weighted by Crippen LogP contribution is 2.29. The van der Waals surface area contributed by atoms with E-state index >= 15 is 0 Å². The van der Waals surface area contributed by atoms with Gasteiger partial charge in [0.25, 0.3) is 5.91 Å². The lowest BCUT2D eigenvalue weighted by Gasteiger charge is -2.03. The standard InChI is InChI=1S/C33H38N4O6/c1-7-20-19(6)32(42)37-27(20)14-25-18(5)23(10-12-31(40)41)29(35-25)15-28-22(9-11-30(38)39)17(4)24(34-28)13-26-16(3)21(8-2)33(43)36-26/h7,13-15,19,34-35H,8-12H2,1-6H3,(H,37,42)(H,38,39)(H,40,41)/b20-7+,24-13?,27-14-,28-15?/t19-/m1/s1. The number of hydrogen-bond acceptors (Lipinski definition) is 4. The van der Waals surface area contributed by atoms with E-state index in [4.69, 9.17) is 0 Å². The Kier molecular flexibility index (Phi) is 9.18. The molecule has 10 nitrogen and oxygen atoms in total. The molecule has 0 spiro atoms. The first-order chi connectivity index (χ1) is 20.4. The van der Waals surface area contributed by atoms with E-state index in [0.717, 1.165) is 39.1 Å². The molecule has 0 saturated carbocycles. The van der Waals surface area contributed by atoms with Gasteiger partial charge in [-0.3, -0.25) is 19.2 Å². The van der Waals surface area contributed by atoms with Crippen LogP contribution in [0.1, 0.15) is 80.6 Å². The number of nitrogens with zero attached hydrogens (tertiary/aromatic N) is 1. The van der Waals surface area contributed by atoms with Gasteiger partial charge in [-0.2, -0.15) is 0 Å². The number of rotatable bonds is 10. The largest absolute Gasteiger partial charge is 0.481 e. The van der Waals surface area contributed by atoms with Crippen molar-refractivity contribution < 1.29 is 29.4 Å². The van der Waals surface area contributed by atoms with Crippen LogP contribution in [0.2, 0.25) is 0 Å². The number of carboxylic acids is 2. The first kappa shape index (κ1) is 31.2. The van der Waals surface area contributed by atoms with Crippen LogP contribution < -0.4 is 16.0 Å². The van der Waals surface area contributed by atoms with Gasteiger partial charge in [0.15, 0.2) is 0 Å². The molecule has 0 bridgehead atoms. The monoisotopic (exact) mass is 586 g/mol. The predicted molar refractivity (Wildman–Crippen MR) is 165 cm³/mol. The van der Waals surface area contributed by atoms with Crippen LogP contribution in [0.3, 0.4) is 0 Å². The summed E-state index contributed by atoms with van der Waals surface area (Å²) in [7, 11) is 0. The number of nitrogens with one attached hydrogen (secondary N) is 3. The Morgan fingerprint density at radius 3 is 2.12 bits per heavy atom. The summed E-state index contributed by atoms with van der Waals surface area (Å²) in [6.07, 6.45) is 8.45. The maximum atomic E-state index is 12.3. The molecule has 5 N–H and O–H groups in total. The number of aliphatic imine (C=N–C) groups is 1. The van der Waals surface area contributed by atoms with Crippen LogP contribution in [0.5, 0.6) is 0 Å². The summed E-state index contributed by atoms with van der Waals surface area (Å²) in [6.45, 7) is 11.3. The van der Waals surface area contributed by atoms with Crippen molar-refractivity contribution in [1.82, 2.24) is 15.3 Å². The average Bonchev–Trinajstić information content (AvgIpc) is 3.59. The van der Waals surface area contributed by atoms with E-state index in [2.05, 4.69) is 20.3 Å². The first-order valence-electron chi connectivity index (χ1n) is 14.4. The fraction of sp³-hybridized carbons (Fsp3) is 0.364. The van der Waals surface area contributed by atoms with Crippen LogP contribution in [-0.4, -0.2) is 49.6 Å². The number of carbonyl (C=O) groups excluding carboxylic acids is 2. The van der Waals surface area contributed by atoms with Crippen molar-refractivity contribution in [1.29, 1.82) is 0 Å². The topological polar surface area (TPSA) is 165 Å². The molecular weight excluding hydrogens is 548 g/mol. The fourth-order valence-electron chi connectivity index (χ4n) is 5.77. The lowest BCUT2D eigenvalue weighted by Crippen LogP contribution is -2.16. The molecule has 0 aromatic carbocycles. The number of amides is 2. The number of carboxylic acid groups (broad SMARTS) is 2. The van der Waals surface area contributed by atoms with Gasteiger partial charge in [-0.05, 0) is 106 Å². The lowest BCUT2D eigenvalue weighted by atomic mass is 10.00. The van der Waals surface area contributed by atoms with Gasteiger partial charge in [0.05, 0.1) is 11.6 Å². The zero-order valence-corrected chi connectivity index (χ0v) is 25.4. The van der Waals surface area contributed by atoms with Gasteiger partial charge in [0.1, 0.15) is 0 Å². The van der Waals surface area contributed by atoms with Gasteiger partial charge in [0.2, 0.25) is 5.91 Å². The molecule has 1 fully saturated rings. The summed E-state index contributed by atoms with van der Waals surface area (Å²) in [5.74, 6) is -2.44. The molecule has 4 heterocycles. The Morgan fingerprint density at radius 1 is 0.884 bits per heavy atom. The number of aromatic amines is 2. The van der Waals surface area contributed by atoms with Crippen LogP contribution in [0.25, 0.3) is 18.2 Å². The Labute approximate surface area is 249 Å². The molecule has 10 heteroatoms. The minimum atomic E-state index is -0.923. The van der Waals surface area contributed by atoms with Crippen molar-refractivity contribution in [2.75, 3.05) is 0 Å². The number of aromatic nitrogens is 2. The Hall–Kier alpha value is -4.73. The van der Waals surface area contributed by atoms with Crippen molar-refractivity contribution in [3.8, 4) is 0 Å². The van der Waals surface area contributed by atoms with Gasteiger partial charge in [-0.15, -0.1) is 0 Å². The summed E-state index contributed by atoms with van der Waals surface area (Å²) < 4.78 is 0. The smallest absolute Gasteiger partial charge is 0.303 e. The molecule has 0 unspecified atom stereocenters. The third kappa shape index (κ3) is 6.38. The third-order valence-corrected chi connectivity index (χ3v) is 8.35. The maximum absolute atomic E-state index is 12.3. The summed E-state index contributed by atoms with van der Waals surface area (Å²) >= 11 is 0. The molecule has 2 amide bonds. The molecule has 2 aromatic rings. The van der Waals surface area contributed by atoms with Gasteiger partial charge >= 0.3 is 11.9 Å². The van der Waals surface area contributed by atoms with E-state index in [-0.39, 0.29) is 43.4 Å². The number of hydrogen-bond donors (Lipinski definition) is 5. The van der Waals surface area contributed by atoms with E-state index in [1.807, 2.05) is 65.8 Å². The minimum absolute atomic E-state index is 0.0721. The highest BCUT2D eigenvalue weighted by atomic mass is 16.4. The number of H-pyrrole nitrogens is 2. The van der Waals surface area contributed by atoms with Crippen LogP contribution >= 0.6 is 0 Å². The van der Waals surface area contributed by atoms with Crippen LogP contribution in [-0.2, 0) is 32.0 Å². The zero-order chi connectivity index (χ0) is 31.6. The minimum Gasteiger partial charge on any atom is -0.481 e. The summed E-state index contributed by atoms with van der Waals surface area (Å²) in [5.41, 5.74) is 8.40. The third-order valence-electron chi connectivity index (χ3n) is 8.35. The van der Waals surface area contributed by atoms with Crippen LogP contribution in [0.4, 0.5) is 0 Å². The molecule has 0 aliphatic carbocycles. The summed E-state index contributed by atoms with van der Waals surface area (Å²) in [4.78, 5) is 58.8.